The predicted molar refractivity (Wildman–Crippen MR) is 93.3 cm³/mol. The zero-order chi connectivity index (χ0) is 16.5. The van der Waals surface area contributed by atoms with Crippen LogP contribution in [0.5, 0.6) is 0 Å². The van der Waals surface area contributed by atoms with Crippen molar-refractivity contribution in [2.45, 2.75) is 32.4 Å². The number of benzene rings is 1. The fraction of sp³-hybridized carbons (Fsp3) is 0.316. The first kappa shape index (κ1) is 15.5. The quantitative estimate of drug-likeness (QED) is 0.653. The molecule has 24 heavy (non-hydrogen) atoms. The predicted octanol–water partition coefficient (Wildman–Crippen LogP) is 5.19. The monoisotopic (exact) mass is 342 g/mol. The van der Waals surface area contributed by atoms with Gasteiger partial charge in [-0.05, 0) is 62.7 Å². The summed E-state index contributed by atoms with van der Waals surface area (Å²) in [4.78, 5) is 9.84. The van der Waals surface area contributed by atoms with E-state index in [1.165, 1.54) is 34.7 Å². The van der Waals surface area contributed by atoms with E-state index in [0.29, 0.717) is 11.9 Å². The van der Waals surface area contributed by atoms with Gasteiger partial charge in [-0.15, -0.1) is 11.3 Å². The number of hydrogen-bond acceptors (Lipinski definition) is 4. The van der Waals surface area contributed by atoms with Crippen molar-refractivity contribution in [1.82, 2.24) is 9.88 Å². The molecular formula is C19H19FN2OS. The Morgan fingerprint density at radius 1 is 1.25 bits per heavy atom. The number of thiophene rings is 1. The van der Waals surface area contributed by atoms with Gasteiger partial charge in [0.1, 0.15) is 12.1 Å². The van der Waals surface area contributed by atoms with Crippen LogP contribution >= 0.6 is 11.3 Å². The summed E-state index contributed by atoms with van der Waals surface area (Å²) in [5.41, 5.74) is 1.73. The summed E-state index contributed by atoms with van der Waals surface area (Å²) in [7, 11) is 0. The molecular weight excluding hydrogens is 323 g/mol. The van der Waals surface area contributed by atoms with Crippen molar-refractivity contribution in [2.24, 2.45) is 0 Å². The molecule has 1 unspecified atom stereocenters. The number of likely N-dealkylation sites (tertiary alicyclic amines) is 1. The molecule has 1 fully saturated rings. The fourth-order valence-corrected chi connectivity index (χ4v) is 4.33. The van der Waals surface area contributed by atoms with Crippen molar-refractivity contribution in [3.05, 3.63) is 63.9 Å². The van der Waals surface area contributed by atoms with E-state index in [2.05, 4.69) is 28.9 Å². The maximum Gasteiger partial charge on any atom is 0.226 e. The Balaban J connectivity index is 1.50. The first-order chi connectivity index (χ1) is 11.7. The van der Waals surface area contributed by atoms with Crippen molar-refractivity contribution < 1.29 is 8.81 Å². The summed E-state index contributed by atoms with van der Waals surface area (Å²) in [6.07, 6.45) is 4.13. The summed E-state index contributed by atoms with van der Waals surface area (Å²) in [5, 5.41) is 0. The lowest BCUT2D eigenvalue weighted by Gasteiger charge is -2.22. The van der Waals surface area contributed by atoms with Gasteiger partial charge in [-0.3, -0.25) is 4.90 Å². The zero-order valence-corrected chi connectivity index (χ0v) is 14.4. The Morgan fingerprint density at radius 2 is 2.08 bits per heavy atom. The number of rotatable bonds is 4. The summed E-state index contributed by atoms with van der Waals surface area (Å²) >= 11 is 1.88. The van der Waals surface area contributed by atoms with Crippen LogP contribution in [0.15, 0.2) is 47.1 Å². The van der Waals surface area contributed by atoms with Crippen LogP contribution < -0.4 is 0 Å². The average molecular weight is 342 g/mol. The molecule has 0 amide bonds. The van der Waals surface area contributed by atoms with Crippen LogP contribution in [-0.4, -0.2) is 16.4 Å². The summed E-state index contributed by atoms with van der Waals surface area (Å²) in [5.74, 6) is 0.296. The Labute approximate surface area is 144 Å². The van der Waals surface area contributed by atoms with Gasteiger partial charge in [0.05, 0.1) is 5.69 Å². The molecule has 0 bridgehead atoms. The average Bonchev–Trinajstić information content (AvgIpc) is 3.30. The van der Waals surface area contributed by atoms with E-state index in [-0.39, 0.29) is 5.82 Å². The summed E-state index contributed by atoms with van der Waals surface area (Å²) < 4.78 is 18.6. The van der Waals surface area contributed by atoms with Crippen molar-refractivity contribution in [2.75, 3.05) is 6.54 Å². The number of hydrogen-bond donors (Lipinski definition) is 0. The molecule has 3 heterocycles. The lowest BCUT2D eigenvalue weighted by Crippen LogP contribution is -2.22. The van der Waals surface area contributed by atoms with Gasteiger partial charge in [-0.2, -0.15) is 0 Å². The van der Waals surface area contributed by atoms with Gasteiger partial charge >= 0.3 is 0 Å². The van der Waals surface area contributed by atoms with Crippen LogP contribution in [0.1, 0.15) is 34.3 Å². The van der Waals surface area contributed by atoms with E-state index in [4.69, 9.17) is 4.42 Å². The Hall–Kier alpha value is -1.98. The molecule has 2 aromatic heterocycles. The first-order valence-electron chi connectivity index (χ1n) is 8.20. The highest BCUT2D eigenvalue weighted by Gasteiger charge is 2.27. The standard InChI is InChI=1S/C19H19FN2OS/c1-13-4-9-18(24-13)17-3-2-10-22(17)11-16-12-23-19(21-16)14-5-7-15(20)8-6-14/h4-9,12,17H,2-3,10-11H2,1H3. The fourth-order valence-electron chi connectivity index (χ4n) is 3.28. The molecule has 0 spiro atoms. The highest BCUT2D eigenvalue weighted by atomic mass is 32.1. The molecule has 124 valence electrons. The maximum absolute atomic E-state index is 13.0. The topological polar surface area (TPSA) is 29.3 Å². The van der Waals surface area contributed by atoms with Crippen molar-refractivity contribution in [3.63, 3.8) is 0 Å². The van der Waals surface area contributed by atoms with Crippen LogP contribution in [0, 0.1) is 12.7 Å². The molecule has 1 saturated heterocycles. The second-order valence-corrected chi connectivity index (χ2v) is 7.55. The minimum atomic E-state index is -0.253. The van der Waals surface area contributed by atoms with Crippen molar-refractivity contribution in [3.8, 4) is 11.5 Å². The smallest absolute Gasteiger partial charge is 0.226 e. The summed E-state index contributed by atoms with van der Waals surface area (Å²) in [6.45, 7) is 4.02. The number of halogens is 1. The van der Waals surface area contributed by atoms with Gasteiger partial charge in [0.25, 0.3) is 0 Å². The molecule has 1 atom stereocenters. The van der Waals surface area contributed by atoms with Crippen LogP contribution in [0.25, 0.3) is 11.5 Å². The second-order valence-electron chi connectivity index (χ2n) is 6.23. The van der Waals surface area contributed by atoms with Gasteiger partial charge in [0.2, 0.25) is 5.89 Å². The third-order valence-corrected chi connectivity index (χ3v) is 5.56. The molecule has 0 N–H and O–H groups in total. The molecule has 0 saturated carbocycles. The minimum Gasteiger partial charge on any atom is -0.444 e. The third-order valence-electron chi connectivity index (χ3n) is 4.46. The van der Waals surface area contributed by atoms with E-state index < -0.39 is 0 Å². The van der Waals surface area contributed by atoms with Gasteiger partial charge in [0.15, 0.2) is 0 Å². The van der Waals surface area contributed by atoms with Gasteiger partial charge < -0.3 is 4.42 Å². The van der Waals surface area contributed by atoms with Gasteiger partial charge in [0, 0.05) is 27.9 Å². The van der Waals surface area contributed by atoms with E-state index >= 15 is 0 Å². The highest BCUT2D eigenvalue weighted by Crippen LogP contribution is 2.36. The lowest BCUT2D eigenvalue weighted by atomic mass is 10.2. The van der Waals surface area contributed by atoms with Crippen LogP contribution in [-0.2, 0) is 6.54 Å². The number of aromatic nitrogens is 1. The lowest BCUT2D eigenvalue weighted by molar-refractivity contribution is 0.248. The minimum absolute atomic E-state index is 0.253. The number of oxazole rings is 1. The second kappa shape index (κ2) is 6.49. The van der Waals surface area contributed by atoms with E-state index in [0.717, 1.165) is 24.3 Å². The van der Waals surface area contributed by atoms with Crippen LogP contribution in [0.2, 0.25) is 0 Å². The largest absolute Gasteiger partial charge is 0.444 e. The molecule has 3 aromatic rings. The Morgan fingerprint density at radius 3 is 2.83 bits per heavy atom. The van der Waals surface area contributed by atoms with E-state index in [9.17, 15) is 4.39 Å². The highest BCUT2D eigenvalue weighted by molar-refractivity contribution is 7.12. The van der Waals surface area contributed by atoms with E-state index in [1.54, 1.807) is 18.4 Å². The molecule has 1 aliphatic rings. The van der Waals surface area contributed by atoms with Gasteiger partial charge in [-0.1, -0.05) is 0 Å². The molecule has 0 aliphatic carbocycles. The summed E-state index contributed by atoms with van der Waals surface area (Å²) in [6, 6.07) is 11.2. The number of nitrogens with zero attached hydrogens (tertiary/aromatic N) is 2. The van der Waals surface area contributed by atoms with E-state index in [1.807, 2.05) is 11.3 Å². The molecule has 1 aliphatic heterocycles. The zero-order valence-electron chi connectivity index (χ0n) is 13.5. The van der Waals surface area contributed by atoms with Gasteiger partial charge in [-0.25, -0.2) is 9.37 Å². The molecule has 5 heteroatoms. The molecule has 4 rings (SSSR count). The Bertz CT molecular complexity index is 824. The first-order valence-corrected chi connectivity index (χ1v) is 9.01. The molecule has 0 radical (unpaired) electrons. The third kappa shape index (κ3) is 3.14. The molecule has 3 nitrogen and oxygen atoms in total. The van der Waals surface area contributed by atoms with Crippen molar-refractivity contribution in [1.29, 1.82) is 0 Å². The van der Waals surface area contributed by atoms with Crippen LogP contribution in [0.4, 0.5) is 4.39 Å². The SMILES string of the molecule is Cc1ccc(C2CCCN2Cc2coc(-c3ccc(F)cc3)n2)s1. The van der Waals surface area contributed by atoms with Crippen LogP contribution in [0.3, 0.4) is 0 Å². The van der Waals surface area contributed by atoms with Crippen molar-refractivity contribution >= 4 is 11.3 Å². The number of aryl methyl sites for hydroxylation is 1. The maximum atomic E-state index is 13.0. The normalized spacial score (nSPS) is 18.3. The Kier molecular flexibility index (Phi) is 4.21. The molecule has 1 aromatic carbocycles.